The van der Waals surface area contributed by atoms with E-state index in [2.05, 4.69) is 10.3 Å². The van der Waals surface area contributed by atoms with Crippen LogP contribution < -0.4 is 5.32 Å². The monoisotopic (exact) mass is 191 g/mol. The summed E-state index contributed by atoms with van der Waals surface area (Å²) in [6, 6.07) is 3.84. The summed E-state index contributed by atoms with van der Waals surface area (Å²) in [7, 11) is 3.86. The number of furan rings is 1. The smallest absolute Gasteiger partial charge is 0.133 e. The Labute approximate surface area is 82.6 Å². The molecule has 2 aromatic rings. The first-order chi connectivity index (χ1) is 6.83. The largest absolute Gasteiger partial charge is 0.467 e. The van der Waals surface area contributed by atoms with E-state index in [-0.39, 0.29) is 6.04 Å². The Kier molecular flexibility index (Phi) is 2.37. The molecule has 2 heterocycles. The maximum Gasteiger partial charge on any atom is 0.133 e. The van der Waals surface area contributed by atoms with Crippen molar-refractivity contribution < 1.29 is 4.42 Å². The molecule has 74 valence electrons. The van der Waals surface area contributed by atoms with Crippen LogP contribution in [0.1, 0.15) is 17.6 Å². The Morgan fingerprint density at radius 3 is 2.93 bits per heavy atom. The van der Waals surface area contributed by atoms with Crippen LogP contribution in [0.25, 0.3) is 0 Å². The molecule has 1 N–H and O–H groups in total. The topological polar surface area (TPSA) is 43.0 Å². The van der Waals surface area contributed by atoms with Crippen LogP contribution in [-0.4, -0.2) is 16.6 Å². The molecule has 0 fully saturated rings. The van der Waals surface area contributed by atoms with Crippen LogP contribution in [-0.2, 0) is 7.05 Å². The number of aromatic nitrogens is 2. The van der Waals surface area contributed by atoms with E-state index in [1.807, 2.05) is 37.0 Å². The molecule has 4 heteroatoms. The standard InChI is InChI=1S/C10H13N3O/c1-11-9(8-4-3-7-14-8)10-12-5-6-13(10)2/h3-7,9,11H,1-2H3. The second-order valence-corrected chi connectivity index (χ2v) is 3.13. The molecule has 0 saturated heterocycles. The summed E-state index contributed by atoms with van der Waals surface area (Å²) in [5.41, 5.74) is 0. The molecule has 4 nitrogen and oxygen atoms in total. The molecule has 0 aliphatic rings. The first kappa shape index (κ1) is 9.02. The molecule has 0 radical (unpaired) electrons. The molecule has 0 saturated carbocycles. The zero-order chi connectivity index (χ0) is 9.97. The van der Waals surface area contributed by atoms with Crippen LogP contribution in [0.5, 0.6) is 0 Å². The summed E-state index contributed by atoms with van der Waals surface area (Å²) in [6.45, 7) is 0. The summed E-state index contributed by atoms with van der Waals surface area (Å²) >= 11 is 0. The molecular weight excluding hydrogens is 178 g/mol. The zero-order valence-corrected chi connectivity index (χ0v) is 8.27. The van der Waals surface area contributed by atoms with Crippen LogP contribution in [0, 0.1) is 0 Å². The lowest BCUT2D eigenvalue weighted by Crippen LogP contribution is -2.20. The lowest BCUT2D eigenvalue weighted by Gasteiger charge is -2.12. The second kappa shape index (κ2) is 3.67. The second-order valence-electron chi connectivity index (χ2n) is 3.13. The molecule has 14 heavy (non-hydrogen) atoms. The third kappa shape index (κ3) is 1.44. The number of hydrogen-bond donors (Lipinski definition) is 1. The van der Waals surface area contributed by atoms with Crippen molar-refractivity contribution in [2.24, 2.45) is 7.05 Å². The highest BCUT2D eigenvalue weighted by atomic mass is 16.3. The van der Waals surface area contributed by atoms with Crippen molar-refractivity contribution in [2.75, 3.05) is 7.05 Å². The Bertz CT molecular complexity index is 391. The third-order valence-electron chi connectivity index (χ3n) is 2.23. The van der Waals surface area contributed by atoms with Crippen molar-refractivity contribution in [3.63, 3.8) is 0 Å². The van der Waals surface area contributed by atoms with Gasteiger partial charge in [-0.05, 0) is 19.2 Å². The minimum absolute atomic E-state index is 0.0185. The van der Waals surface area contributed by atoms with E-state index >= 15 is 0 Å². The van der Waals surface area contributed by atoms with Gasteiger partial charge in [-0.1, -0.05) is 0 Å². The van der Waals surface area contributed by atoms with Gasteiger partial charge in [0.2, 0.25) is 0 Å². The molecule has 0 aliphatic heterocycles. The fourth-order valence-electron chi connectivity index (χ4n) is 1.51. The molecule has 1 unspecified atom stereocenters. The summed E-state index contributed by atoms with van der Waals surface area (Å²) in [4.78, 5) is 4.28. The normalized spacial score (nSPS) is 13.0. The molecule has 2 aromatic heterocycles. The lowest BCUT2D eigenvalue weighted by molar-refractivity contribution is 0.448. The van der Waals surface area contributed by atoms with Crippen molar-refractivity contribution in [3.8, 4) is 0 Å². The fourth-order valence-corrected chi connectivity index (χ4v) is 1.51. The Balaban J connectivity index is 2.36. The molecule has 0 amide bonds. The number of aryl methyl sites for hydroxylation is 1. The predicted molar refractivity (Wildman–Crippen MR) is 52.8 cm³/mol. The van der Waals surface area contributed by atoms with Gasteiger partial charge in [-0.15, -0.1) is 0 Å². The number of imidazole rings is 1. The first-order valence-electron chi connectivity index (χ1n) is 4.51. The highest BCUT2D eigenvalue weighted by Crippen LogP contribution is 2.19. The van der Waals surface area contributed by atoms with E-state index < -0.39 is 0 Å². The maximum atomic E-state index is 5.35. The summed E-state index contributed by atoms with van der Waals surface area (Å²) in [6.07, 6.45) is 5.37. The van der Waals surface area contributed by atoms with Gasteiger partial charge < -0.3 is 14.3 Å². The SMILES string of the molecule is CNC(c1ccco1)c1nccn1C. The number of hydrogen-bond acceptors (Lipinski definition) is 3. The van der Waals surface area contributed by atoms with E-state index in [9.17, 15) is 0 Å². The summed E-state index contributed by atoms with van der Waals surface area (Å²) in [5, 5.41) is 3.17. The van der Waals surface area contributed by atoms with Gasteiger partial charge in [-0.2, -0.15) is 0 Å². The highest BCUT2D eigenvalue weighted by molar-refractivity contribution is 5.15. The van der Waals surface area contributed by atoms with E-state index in [1.54, 1.807) is 12.5 Å². The predicted octanol–water partition coefficient (Wildman–Crippen LogP) is 1.32. The van der Waals surface area contributed by atoms with Gasteiger partial charge in [0.15, 0.2) is 0 Å². The molecule has 1 atom stereocenters. The van der Waals surface area contributed by atoms with Gasteiger partial charge in [0.05, 0.1) is 6.26 Å². The summed E-state index contributed by atoms with van der Waals surface area (Å²) in [5.74, 6) is 1.82. The van der Waals surface area contributed by atoms with Crippen LogP contribution in [0.4, 0.5) is 0 Å². The Hall–Kier alpha value is -1.55. The van der Waals surface area contributed by atoms with Crippen LogP contribution >= 0.6 is 0 Å². The molecule has 0 spiro atoms. The maximum absolute atomic E-state index is 5.35. The highest BCUT2D eigenvalue weighted by Gasteiger charge is 2.18. The first-order valence-corrected chi connectivity index (χ1v) is 4.51. The van der Waals surface area contributed by atoms with Crippen LogP contribution in [0.15, 0.2) is 35.2 Å². The van der Waals surface area contributed by atoms with Gasteiger partial charge >= 0.3 is 0 Å². The number of nitrogens with zero attached hydrogens (tertiary/aromatic N) is 2. The van der Waals surface area contributed by atoms with E-state index in [0.717, 1.165) is 11.6 Å². The van der Waals surface area contributed by atoms with Gasteiger partial charge in [0.1, 0.15) is 17.6 Å². The fraction of sp³-hybridized carbons (Fsp3) is 0.300. The number of nitrogens with one attached hydrogen (secondary N) is 1. The average molecular weight is 191 g/mol. The third-order valence-corrected chi connectivity index (χ3v) is 2.23. The van der Waals surface area contributed by atoms with E-state index in [4.69, 9.17) is 4.42 Å². The Morgan fingerprint density at radius 1 is 1.57 bits per heavy atom. The van der Waals surface area contributed by atoms with Crippen molar-refractivity contribution >= 4 is 0 Å². The average Bonchev–Trinajstić information content (AvgIpc) is 2.80. The molecule has 2 rings (SSSR count). The number of rotatable bonds is 3. The Morgan fingerprint density at radius 2 is 2.43 bits per heavy atom. The molecule has 0 aromatic carbocycles. The van der Waals surface area contributed by atoms with E-state index in [1.165, 1.54) is 0 Å². The van der Waals surface area contributed by atoms with Crippen molar-refractivity contribution in [3.05, 3.63) is 42.4 Å². The quantitative estimate of drug-likeness (QED) is 0.795. The molecule has 0 bridgehead atoms. The van der Waals surface area contributed by atoms with Gasteiger partial charge in [0, 0.05) is 19.4 Å². The van der Waals surface area contributed by atoms with Gasteiger partial charge in [-0.3, -0.25) is 0 Å². The minimum Gasteiger partial charge on any atom is -0.467 e. The van der Waals surface area contributed by atoms with Crippen molar-refractivity contribution in [2.45, 2.75) is 6.04 Å². The van der Waals surface area contributed by atoms with Crippen LogP contribution in [0.3, 0.4) is 0 Å². The van der Waals surface area contributed by atoms with Crippen molar-refractivity contribution in [1.82, 2.24) is 14.9 Å². The summed E-state index contributed by atoms with van der Waals surface area (Å²) < 4.78 is 7.33. The van der Waals surface area contributed by atoms with E-state index in [0.29, 0.717) is 0 Å². The minimum atomic E-state index is 0.0185. The zero-order valence-electron chi connectivity index (χ0n) is 8.27. The lowest BCUT2D eigenvalue weighted by atomic mass is 10.2. The molecule has 0 aliphatic carbocycles. The van der Waals surface area contributed by atoms with Gasteiger partial charge in [-0.25, -0.2) is 4.98 Å². The van der Waals surface area contributed by atoms with Crippen LogP contribution in [0.2, 0.25) is 0 Å². The van der Waals surface area contributed by atoms with Crippen molar-refractivity contribution in [1.29, 1.82) is 0 Å². The molecular formula is C10H13N3O. The van der Waals surface area contributed by atoms with Gasteiger partial charge in [0.25, 0.3) is 0 Å².